The number of rotatable bonds is 3. The first-order valence-corrected chi connectivity index (χ1v) is 8.19. The molecule has 24 heavy (non-hydrogen) atoms. The van der Waals surface area contributed by atoms with Crippen LogP contribution in [0.1, 0.15) is 25.0 Å². The molecule has 2 aromatic carbocycles. The molecule has 128 valence electrons. The van der Waals surface area contributed by atoms with E-state index in [0.29, 0.717) is 6.04 Å². The normalized spacial score (nSPS) is 18.4. The summed E-state index contributed by atoms with van der Waals surface area (Å²) in [6.45, 7) is 4.67. The zero-order valence-corrected chi connectivity index (χ0v) is 16.0. The van der Waals surface area contributed by atoms with Crippen LogP contribution in [0.5, 0.6) is 0 Å². The number of halogens is 1. The van der Waals surface area contributed by atoms with Gasteiger partial charge in [0.2, 0.25) is 0 Å². The quantitative estimate of drug-likeness (QED) is 0.775. The van der Waals surface area contributed by atoms with Crippen molar-refractivity contribution in [1.29, 1.82) is 0 Å². The number of nitrogens with zero attached hydrogens (tertiary/aromatic N) is 2. The van der Waals surface area contributed by atoms with Crippen LogP contribution in [0.15, 0.2) is 54.6 Å². The van der Waals surface area contributed by atoms with Crippen molar-refractivity contribution in [2.24, 2.45) is 0 Å². The Morgan fingerprint density at radius 2 is 1.62 bits per heavy atom. The van der Waals surface area contributed by atoms with Crippen molar-refractivity contribution in [2.75, 3.05) is 30.9 Å². The van der Waals surface area contributed by atoms with E-state index >= 15 is 0 Å². The summed E-state index contributed by atoms with van der Waals surface area (Å²) in [5, 5.41) is 0. The minimum absolute atomic E-state index is 0. The number of hydrogen-bond donors (Lipinski definition) is 0. The molecule has 3 rings (SSSR count). The lowest BCUT2D eigenvalue weighted by Crippen LogP contribution is -2.37. The Morgan fingerprint density at radius 1 is 1.00 bits per heavy atom. The van der Waals surface area contributed by atoms with Crippen LogP contribution in [0.3, 0.4) is 0 Å². The second-order valence-electron chi connectivity index (χ2n) is 7.14. The lowest BCUT2D eigenvalue weighted by atomic mass is 9.80. The highest BCUT2D eigenvalue weighted by Gasteiger charge is 2.41. The molecule has 0 saturated heterocycles. The first kappa shape index (κ1) is 18.4. The van der Waals surface area contributed by atoms with Gasteiger partial charge in [-0.2, -0.15) is 0 Å². The van der Waals surface area contributed by atoms with Crippen LogP contribution in [0.2, 0.25) is 0 Å². The smallest absolute Gasteiger partial charge is 0.0565 e. The van der Waals surface area contributed by atoms with Crippen molar-refractivity contribution in [3.63, 3.8) is 0 Å². The first-order chi connectivity index (χ1) is 10.9. The first-order valence-electron chi connectivity index (χ1n) is 8.19. The Kier molecular flexibility index (Phi) is 5.29. The van der Waals surface area contributed by atoms with Gasteiger partial charge in [0.15, 0.2) is 0 Å². The second-order valence-corrected chi connectivity index (χ2v) is 7.14. The van der Waals surface area contributed by atoms with E-state index in [4.69, 9.17) is 0 Å². The molecule has 0 aliphatic carbocycles. The largest absolute Gasteiger partial charge is 0.378 e. The van der Waals surface area contributed by atoms with Gasteiger partial charge in [-0.1, -0.05) is 56.3 Å². The van der Waals surface area contributed by atoms with Crippen molar-refractivity contribution in [3.05, 3.63) is 65.7 Å². The average molecular weight is 343 g/mol. The van der Waals surface area contributed by atoms with E-state index in [1.807, 2.05) is 0 Å². The standard InChI is InChI=1S/C21H26N2.ClH/c1-21(2)18-8-6-7-9-19(18)23(5)20(21)15-12-16-10-13-17(14-11-16)22(3)4;/h6-15,20H,1-5H3;1H. The van der Waals surface area contributed by atoms with Gasteiger partial charge in [0.25, 0.3) is 0 Å². The van der Waals surface area contributed by atoms with Crippen molar-refractivity contribution < 1.29 is 0 Å². The molecule has 0 bridgehead atoms. The van der Waals surface area contributed by atoms with Gasteiger partial charge in [-0.25, -0.2) is 0 Å². The molecular formula is C21H27ClN2. The third-order valence-corrected chi connectivity index (χ3v) is 5.02. The molecule has 0 N–H and O–H groups in total. The van der Waals surface area contributed by atoms with Crippen LogP contribution in [0, 0.1) is 0 Å². The summed E-state index contributed by atoms with van der Waals surface area (Å²) >= 11 is 0. The van der Waals surface area contributed by atoms with E-state index in [2.05, 4.69) is 105 Å². The molecule has 1 unspecified atom stereocenters. The lowest BCUT2D eigenvalue weighted by molar-refractivity contribution is 0.489. The van der Waals surface area contributed by atoms with Crippen molar-refractivity contribution in [3.8, 4) is 0 Å². The van der Waals surface area contributed by atoms with E-state index in [9.17, 15) is 0 Å². The third kappa shape index (κ3) is 3.16. The van der Waals surface area contributed by atoms with Crippen LogP contribution in [0.25, 0.3) is 6.08 Å². The summed E-state index contributed by atoms with van der Waals surface area (Å²) in [4.78, 5) is 4.51. The average Bonchev–Trinajstić information content (AvgIpc) is 2.73. The molecule has 0 radical (unpaired) electrons. The Morgan fingerprint density at radius 3 is 2.21 bits per heavy atom. The maximum absolute atomic E-state index is 2.39. The highest BCUT2D eigenvalue weighted by molar-refractivity contribution is 5.85. The number of para-hydroxylation sites is 1. The Balaban J connectivity index is 0.00000208. The lowest BCUT2D eigenvalue weighted by Gasteiger charge is -2.29. The molecule has 0 spiro atoms. The topological polar surface area (TPSA) is 6.48 Å². The zero-order valence-electron chi connectivity index (χ0n) is 15.2. The van der Waals surface area contributed by atoms with Gasteiger partial charge in [-0.3, -0.25) is 0 Å². The number of likely N-dealkylation sites (N-methyl/N-ethyl adjacent to an activating group) is 1. The van der Waals surface area contributed by atoms with Crippen LogP contribution in [-0.2, 0) is 5.41 Å². The monoisotopic (exact) mass is 342 g/mol. The van der Waals surface area contributed by atoms with Gasteiger partial charge in [0.1, 0.15) is 0 Å². The van der Waals surface area contributed by atoms with Gasteiger partial charge >= 0.3 is 0 Å². The molecule has 1 atom stereocenters. The van der Waals surface area contributed by atoms with Gasteiger partial charge < -0.3 is 9.80 Å². The molecule has 0 aromatic heterocycles. The van der Waals surface area contributed by atoms with E-state index in [1.54, 1.807) is 0 Å². The zero-order chi connectivity index (χ0) is 16.6. The summed E-state index contributed by atoms with van der Waals surface area (Å²) < 4.78 is 0. The van der Waals surface area contributed by atoms with Crippen molar-refractivity contribution in [2.45, 2.75) is 25.3 Å². The molecule has 2 aromatic rings. The van der Waals surface area contributed by atoms with Crippen LogP contribution >= 0.6 is 12.4 Å². The van der Waals surface area contributed by atoms with Gasteiger partial charge in [-0.15, -0.1) is 12.4 Å². The minimum atomic E-state index is 0. The van der Waals surface area contributed by atoms with E-state index in [-0.39, 0.29) is 17.8 Å². The van der Waals surface area contributed by atoms with Crippen LogP contribution in [-0.4, -0.2) is 27.2 Å². The number of fused-ring (bicyclic) bond motifs is 1. The predicted octanol–water partition coefficient (Wildman–Crippen LogP) is 4.98. The van der Waals surface area contributed by atoms with Gasteiger partial charge in [0, 0.05) is 37.9 Å². The van der Waals surface area contributed by atoms with Crippen molar-refractivity contribution in [1.82, 2.24) is 0 Å². The molecule has 1 aliphatic rings. The molecule has 0 fully saturated rings. The molecule has 0 amide bonds. The fraction of sp³-hybridized carbons (Fsp3) is 0.333. The fourth-order valence-corrected chi connectivity index (χ4v) is 3.57. The molecule has 2 nitrogen and oxygen atoms in total. The molecular weight excluding hydrogens is 316 g/mol. The Hall–Kier alpha value is -1.93. The molecule has 1 heterocycles. The predicted molar refractivity (Wildman–Crippen MR) is 109 cm³/mol. The van der Waals surface area contributed by atoms with Gasteiger partial charge in [-0.05, 0) is 29.3 Å². The number of hydrogen-bond acceptors (Lipinski definition) is 2. The third-order valence-electron chi connectivity index (χ3n) is 5.02. The fourth-order valence-electron chi connectivity index (χ4n) is 3.57. The van der Waals surface area contributed by atoms with E-state index in [0.717, 1.165) is 0 Å². The molecule has 1 aliphatic heterocycles. The van der Waals surface area contributed by atoms with E-state index < -0.39 is 0 Å². The highest BCUT2D eigenvalue weighted by atomic mass is 35.5. The Labute approximate surface area is 152 Å². The van der Waals surface area contributed by atoms with Crippen molar-refractivity contribution >= 4 is 29.9 Å². The summed E-state index contributed by atoms with van der Waals surface area (Å²) in [7, 11) is 6.33. The van der Waals surface area contributed by atoms with Gasteiger partial charge in [0.05, 0.1) is 6.04 Å². The van der Waals surface area contributed by atoms with E-state index in [1.165, 1.54) is 22.5 Å². The summed E-state index contributed by atoms with van der Waals surface area (Å²) in [5.74, 6) is 0. The number of benzene rings is 2. The van der Waals surface area contributed by atoms with Crippen LogP contribution in [0.4, 0.5) is 11.4 Å². The highest BCUT2D eigenvalue weighted by Crippen LogP contribution is 2.44. The summed E-state index contributed by atoms with van der Waals surface area (Å²) in [6.07, 6.45) is 4.58. The summed E-state index contributed by atoms with van der Waals surface area (Å²) in [6, 6.07) is 17.8. The second kappa shape index (κ2) is 6.90. The summed E-state index contributed by atoms with van der Waals surface area (Å²) in [5.41, 5.74) is 5.37. The maximum Gasteiger partial charge on any atom is 0.0565 e. The Bertz CT molecular complexity index is 717. The maximum atomic E-state index is 2.39. The van der Waals surface area contributed by atoms with Crippen LogP contribution < -0.4 is 9.80 Å². The SMILES string of the molecule is CN(C)c1ccc(C=CC2N(C)c3ccccc3C2(C)C)cc1.Cl. The number of anilines is 2. The molecule has 0 saturated carbocycles. The molecule has 3 heteroatoms. The minimum Gasteiger partial charge on any atom is -0.378 e.